The van der Waals surface area contributed by atoms with E-state index in [1.54, 1.807) is 6.92 Å². The van der Waals surface area contributed by atoms with Crippen molar-refractivity contribution in [2.45, 2.75) is 6.92 Å². The molecule has 1 rings (SSSR count). The molecule has 86 valence electrons. The summed E-state index contributed by atoms with van der Waals surface area (Å²) < 4.78 is 5.13. The van der Waals surface area contributed by atoms with Crippen LogP contribution in [-0.2, 0) is 4.74 Å². The van der Waals surface area contributed by atoms with Crippen molar-refractivity contribution in [1.82, 2.24) is 0 Å². The van der Waals surface area contributed by atoms with Gasteiger partial charge in [-0.3, -0.25) is 10.1 Å². The first-order valence-electron chi connectivity index (χ1n) is 4.38. The lowest BCUT2D eigenvalue weighted by molar-refractivity contribution is -0.385. The topological polar surface area (TPSA) is 95.5 Å². The van der Waals surface area contributed by atoms with Crippen molar-refractivity contribution in [3.63, 3.8) is 0 Å². The van der Waals surface area contributed by atoms with Crippen LogP contribution in [0.5, 0.6) is 0 Å². The summed E-state index contributed by atoms with van der Waals surface area (Å²) in [4.78, 5) is 21.5. The van der Waals surface area contributed by atoms with Gasteiger partial charge in [-0.1, -0.05) is 0 Å². The number of carbonyl (C=O) groups is 1. The summed E-state index contributed by atoms with van der Waals surface area (Å²) in [5, 5.41) is 10.7. The Morgan fingerprint density at radius 1 is 1.62 bits per heavy atom. The number of carbonyl (C=O) groups excluding carboxylic acids is 1. The van der Waals surface area contributed by atoms with Gasteiger partial charge >= 0.3 is 5.97 Å². The molecule has 0 saturated carbocycles. The largest absolute Gasteiger partial charge is 0.462 e. The molecule has 2 N–H and O–H groups in total. The number of nitrogen functional groups attached to an aromatic ring is 1. The van der Waals surface area contributed by atoms with E-state index in [1.165, 1.54) is 6.07 Å². The van der Waals surface area contributed by atoms with Gasteiger partial charge in [-0.25, -0.2) is 4.79 Å². The van der Waals surface area contributed by atoms with Crippen LogP contribution in [0.2, 0.25) is 0 Å². The molecule has 0 radical (unpaired) electrons. The number of nitro groups is 1. The summed E-state index contributed by atoms with van der Waals surface area (Å²) in [7, 11) is 0. The molecule has 0 atom stereocenters. The molecule has 6 nitrogen and oxygen atoms in total. The Labute approximate surface area is 99.7 Å². The Morgan fingerprint density at radius 3 is 2.75 bits per heavy atom. The number of hydrogen-bond donors (Lipinski definition) is 1. The first-order valence-corrected chi connectivity index (χ1v) is 5.17. The van der Waals surface area contributed by atoms with E-state index in [9.17, 15) is 14.9 Å². The van der Waals surface area contributed by atoms with Gasteiger partial charge in [0.2, 0.25) is 0 Å². The Bertz CT molecular complexity index is 447. The lowest BCUT2D eigenvalue weighted by Crippen LogP contribution is -2.08. The highest BCUT2D eigenvalue weighted by atomic mass is 79.9. The average molecular weight is 289 g/mol. The van der Waals surface area contributed by atoms with Gasteiger partial charge in [0.05, 0.1) is 17.2 Å². The molecular weight excluding hydrogens is 280 g/mol. The molecule has 0 amide bonds. The van der Waals surface area contributed by atoms with E-state index in [0.717, 1.165) is 6.07 Å². The van der Waals surface area contributed by atoms with Crippen LogP contribution in [0, 0.1) is 10.1 Å². The van der Waals surface area contributed by atoms with Crippen LogP contribution in [-0.4, -0.2) is 17.5 Å². The van der Waals surface area contributed by atoms with Crippen molar-refractivity contribution in [3.8, 4) is 0 Å². The summed E-state index contributed by atoms with van der Waals surface area (Å²) in [6.07, 6.45) is 0. The van der Waals surface area contributed by atoms with Crippen molar-refractivity contribution in [3.05, 3.63) is 32.3 Å². The maximum absolute atomic E-state index is 11.4. The highest BCUT2D eigenvalue weighted by Crippen LogP contribution is 2.29. The molecule has 1 aromatic carbocycles. The second-order valence-corrected chi connectivity index (χ2v) is 3.72. The number of nitrogens with two attached hydrogens (primary N) is 1. The lowest BCUT2D eigenvalue weighted by Gasteiger charge is -2.05. The summed E-state index contributed by atoms with van der Waals surface area (Å²) in [5.41, 5.74) is 5.21. The van der Waals surface area contributed by atoms with E-state index in [4.69, 9.17) is 10.5 Å². The molecule has 0 unspecified atom stereocenters. The maximum atomic E-state index is 11.4. The van der Waals surface area contributed by atoms with E-state index in [2.05, 4.69) is 15.9 Å². The van der Waals surface area contributed by atoms with Gasteiger partial charge in [0.1, 0.15) is 5.56 Å². The third-order valence-corrected chi connectivity index (χ3v) is 2.49. The van der Waals surface area contributed by atoms with Gasteiger partial charge in [0.15, 0.2) is 0 Å². The highest BCUT2D eigenvalue weighted by molar-refractivity contribution is 9.10. The third kappa shape index (κ3) is 2.48. The van der Waals surface area contributed by atoms with E-state index in [0.29, 0.717) is 4.47 Å². The van der Waals surface area contributed by atoms with E-state index in [1.807, 2.05) is 0 Å². The lowest BCUT2D eigenvalue weighted by atomic mass is 10.1. The van der Waals surface area contributed by atoms with Gasteiger partial charge in [-0.15, -0.1) is 0 Å². The van der Waals surface area contributed by atoms with Gasteiger partial charge < -0.3 is 10.5 Å². The number of rotatable bonds is 3. The minimum Gasteiger partial charge on any atom is -0.462 e. The number of nitro benzene ring substituents is 1. The van der Waals surface area contributed by atoms with Gasteiger partial charge in [0.25, 0.3) is 5.69 Å². The number of benzene rings is 1. The normalized spacial score (nSPS) is 9.88. The highest BCUT2D eigenvalue weighted by Gasteiger charge is 2.23. The van der Waals surface area contributed by atoms with Crippen molar-refractivity contribution < 1.29 is 14.5 Å². The number of anilines is 1. The molecule has 0 spiro atoms. The summed E-state index contributed by atoms with van der Waals surface area (Å²) in [6, 6.07) is 2.40. The zero-order valence-electron chi connectivity index (χ0n) is 8.40. The first-order chi connectivity index (χ1) is 7.47. The van der Waals surface area contributed by atoms with Crippen LogP contribution in [0.25, 0.3) is 0 Å². The predicted molar refractivity (Wildman–Crippen MR) is 61.2 cm³/mol. The van der Waals surface area contributed by atoms with Crippen molar-refractivity contribution in [2.24, 2.45) is 0 Å². The predicted octanol–water partition coefficient (Wildman–Crippen LogP) is 2.12. The fourth-order valence-electron chi connectivity index (χ4n) is 1.10. The summed E-state index contributed by atoms with van der Waals surface area (Å²) >= 11 is 3.09. The Balaban J connectivity index is 3.30. The Hall–Kier alpha value is -1.63. The zero-order valence-corrected chi connectivity index (χ0v) is 9.98. The fraction of sp³-hybridized carbons (Fsp3) is 0.222. The number of nitrogens with zero attached hydrogens (tertiary/aromatic N) is 1. The van der Waals surface area contributed by atoms with Gasteiger partial charge in [0, 0.05) is 10.5 Å². The zero-order chi connectivity index (χ0) is 12.3. The quantitative estimate of drug-likeness (QED) is 0.398. The monoisotopic (exact) mass is 288 g/mol. The summed E-state index contributed by atoms with van der Waals surface area (Å²) in [5.74, 6) is -0.741. The van der Waals surface area contributed by atoms with Crippen LogP contribution in [0.15, 0.2) is 16.6 Å². The van der Waals surface area contributed by atoms with Crippen molar-refractivity contribution >= 4 is 33.3 Å². The number of ether oxygens (including phenoxy) is 1. The maximum Gasteiger partial charge on any atom is 0.345 e. The SMILES string of the molecule is CCOC(=O)c1cc(Br)c(N)cc1[N+](=O)[O-]. The Kier molecular flexibility index (Phi) is 3.83. The second-order valence-electron chi connectivity index (χ2n) is 2.87. The Morgan fingerprint density at radius 2 is 2.25 bits per heavy atom. The fourth-order valence-corrected chi connectivity index (χ4v) is 1.44. The molecule has 0 aromatic heterocycles. The van der Waals surface area contributed by atoms with Crippen LogP contribution >= 0.6 is 15.9 Å². The number of hydrogen-bond acceptors (Lipinski definition) is 5. The van der Waals surface area contributed by atoms with Crippen LogP contribution < -0.4 is 5.73 Å². The summed E-state index contributed by atoms with van der Waals surface area (Å²) in [6.45, 7) is 1.77. The molecule has 0 aliphatic carbocycles. The second kappa shape index (κ2) is 4.93. The van der Waals surface area contributed by atoms with E-state index >= 15 is 0 Å². The molecule has 0 aliphatic rings. The van der Waals surface area contributed by atoms with Crippen molar-refractivity contribution in [2.75, 3.05) is 12.3 Å². The molecule has 0 bridgehead atoms. The van der Waals surface area contributed by atoms with Gasteiger partial charge in [-0.05, 0) is 28.9 Å². The van der Waals surface area contributed by atoms with Crippen LogP contribution in [0.1, 0.15) is 17.3 Å². The molecule has 0 fully saturated rings. The average Bonchev–Trinajstić information content (AvgIpc) is 2.21. The van der Waals surface area contributed by atoms with E-state index in [-0.39, 0.29) is 23.5 Å². The van der Waals surface area contributed by atoms with Gasteiger partial charge in [-0.2, -0.15) is 0 Å². The molecule has 16 heavy (non-hydrogen) atoms. The number of halogens is 1. The standard InChI is InChI=1S/C9H9BrN2O4/c1-2-16-9(13)5-3-6(10)7(11)4-8(5)12(14)15/h3-4H,2,11H2,1H3. The smallest absolute Gasteiger partial charge is 0.345 e. The molecule has 1 aromatic rings. The molecule has 7 heteroatoms. The third-order valence-electron chi connectivity index (χ3n) is 1.81. The van der Waals surface area contributed by atoms with Crippen LogP contribution in [0.4, 0.5) is 11.4 Å². The molecule has 0 aliphatic heterocycles. The minimum absolute atomic E-state index is 0.118. The molecule has 0 saturated heterocycles. The first kappa shape index (κ1) is 12.4. The molecule has 0 heterocycles. The van der Waals surface area contributed by atoms with Crippen molar-refractivity contribution in [1.29, 1.82) is 0 Å². The van der Waals surface area contributed by atoms with E-state index < -0.39 is 10.9 Å². The minimum atomic E-state index is -0.741. The number of esters is 1. The van der Waals surface area contributed by atoms with Crippen LogP contribution in [0.3, 0.4) is 0 Å². The molecular formula is C9H9BrN2O4.